The quantitative estimate of drug-likeness (QED) is 0.428. The van der Waals surface area contributed by atoms with E-state index in [4.69, 9.17) is 9.47 Å². The SMILES string of the molecule is COc1ccc(/C(O)=C2/C(=O)C(=O)N(CCOC(C)C)C2c2ccncc2)cc1C. The number of carbonyl (C=O) groups excluding carboxylic acids is 2. The smallest absolute Gasteiger partial charge is 0.295 e. The van der Waals surface area contributed by atoms with Gasteiger partial charge < -0.3 is 19.5 Å². The van der Waals surface area contributed by atoms with Crippen LogP contribution in [-0.2, 0) is 14.3 Å². The summed E-state index contributed by atoms with van der Waals surface area (Å²) in [5.41, 5.74) is 2.01. The van der Waals surface area contributed by atoms with Crippen LogP contribution < -0.4 is 4.74 Å². The molecule has 0 bridgehead atoms. The summed E-state index contributed by atoms with van der Waals surface area (Å²) in [6.07, 6.45) is 3.19. The lowest BCUT2D eigenvalue weighted by Gasteiger charge is -2.25. The van der Waals surface area contributed by atoms with E-state index in [1.165, 1.54) is 4.90 Å². The van der Waals surface area contributed by atoms with E-state index in [9.17, 15) is 14.7 Å². The van der Waals surface area contributed by atoms with Crippen molar-refractivity contribution in [2.24, 2.45) is 0 Å². The summed E-state index contributed by atoms with van der Waals surface area (Å²) in [7, 11) is 1.57. The summed E-state index contributed by atoms with van der Waals surface area (Å²) in [4.78, 5) is 31.2. The number of benzene rings is 1. The first-order chi connectivity index (χ1) is 14.3. The molecule has 2 heterocycles. The summed E-state index contributed by atoms with van der Waals surface area (Å²) in [6, 6.07) is 7.87. The van der Waals surface area contributed by atoms with E-state index >= 15 is 0 Å². The van der Waals surface area contributed by atoms with Gasteiger partial charge in [0, 0.05) is 24.5 Å². The molecular weight excluding hydrogens is 384 g/mol. The maximum Gasteiger partial charge on any atom is 0.295 e. The van der Waals surface area contributed by atoms with Gasteiger partial charge in [-0.3, -0.25) is 14.6 Å². The second kappa shape index (κ2) is 9.09. The molecule has 30 heavy (non-hydrogen) atoms. The molecule has 1 N–H and O–H groups in total. The molecule has 7 heteroatoms. The van der Waals surface area contributed by atoms with Crippen molar-refractivity contribution in [1.29, 1.82) is 0 Å². The zero-order valence-electron chi connectivity index (χ0n) is 17.6. The number of carbonyl (C=O) groups is 2. The van der Waals surface area contributed by atoms with Crippen LogP contribution in [0.15, 0.2) is 48.3 Å². The molecule has 3 rings (SSSR count). The van der Waals surface area contributed by atoms with E-state index in [1.54, 1.807) is 49.8 Å². The Labute approximate surface area is 175 Å². The van der Waals surface area contributed by atoms with E-state index in [-0.39, 0.29) is 30.6 Å². The maximum atomic E-state index is 12.9. The fourth-order valence-corrected chi connectivity index (χ4v) is 3.57. The Hall–Kier alpha value is -3.19. The minimum atomic E-state index is -0.717. The zero-order chi connectivity index (χ0) is 21.8. The molecule has 1 amide bonds. The summed E-state index contributed by atoms with van der Waals surface area (Å²) in [6.45, 7) is 6.17. The minimum absolute atomic E-state index is 0.00321. The highest BCUT2D eigenvalue weighted by atomic mass is 16.5. The van der Waals surface area contributed by atoms with Crippen molar-refractivity contribution in [1.82, 2.24) is 9.88 Å². The number of pyridine rings is 1. The van der Waals surface area contributed by atoms with E-state index < -0.39 is 17.7 Å². The summed E-state index contributed by atoms with van der Waals surface area (Å²) in [5, 5.41) is 11.1. The molecule has 1 fully saturated rings. The van der Waals surface area contributed by atoms with Gasteiger partial charge in [0.15, 0.2) is 0 Å². The first-order valence-corrected chi connectivity index (χ1v) is 9.80. The molecular formula is C23H26N2O5. The van der Waals surface area contributed by atoms with Crippen LogP contribution in [0.25, 0.3) is 5.76 Å². The minimum Gasteiger partial charge on any atom is -0.507 e. The molecule has 1 aromatic heterocycles. The number of ketones is 1. The number of aromatic nitrogens is 1. The molecule has 0 aliphatic carbocycles. The lowest BCUT2D eigenvalue weighted by atomic mass is 9.95. The summed E-state index contributed by atoms with van der Waals surface area (Å²) < 4.78 is 10.8. The predicted octanol–water partition coefficient (Wildman–Crippen LogP) is 3.25. The molecule has 0 saturated carbocycles. The molecule has 7 nitrogen and oxygen atoms in total. The van der Waals surface area contributed by atoms with Gasteiger partial charge in [-0.05, 0) is 62.2 Å². The highest BCUT2D eigenvalue weighted by Crippen LogP contribution is 2.39. The van der Waals surface area contributed by atoms with Crippen LogP contribution in [0, 0.1) is 6.92 Å². The van der Waals surface area contributed by atoms with Gasteiger partial charge in [0.25, 0.3) is 11.7 Å². The van der Waals surface area contributed by atoms with E-state index in [0.717, 1.165) is 5.56 Å². The molecule has 2 aromatic rings. The lowest BCUT2D eigenvalue weighted by molar-refractivity contribution is -0.140. The van der Waals surface area contributed by atoms with Gasteiger partial charge in [-0.25, -0.2) is 0 Å². The molecule has 0 radical (unpaired) electrons. The van der Waals surface area contributed by atoms with E-state index in [0.29, 0.717) is 16.9 Å². The number of amides is 1. The van der Waals surface area contributed by atoms with Crippen LogP contribution in [0.5, 0.6) is 5.75 Å². The Morgan fingerprint density at radius 3 is 2.50 bits per heavy atom. The van der Waals surface area contributed by atoms with Gasteiger partial charge in [-0.1, -0.05) is 0 Å². The van der Waals surface area contributed by atoms with Crippen molar-refractivity contribution in [3.05, 3.63) is 65.0 Å². The molecule has 158 valence electrons. The highest BCUT2D eigenvalue weighted by molar-refractivity contribution is 6.46. The summed E-state index contributed by atoms with van der Waals surface area (Å²) in [5.74, 6) is -0.917. The third kappa shape index (κ3) is 4.21. The van der Waals surface area contributed by atoms with Crippen LogP contribution in [0.3, 0.4) is 0 Å². The number of Topliss-reactive ketones (excluding diaryl/α,β-unsaturated/α-hetero) is 1. The van der Waals surface area contributed by atoms with Crippen molar-refractivity contribution in [2.75, 3.05) is 20.3 Å². The monoisotopic (exact) mass is 410 g/mol. The van der Waals surface area contributed by atoms with E-state index in [2.05, 4.69) is 4.98 Å². The Bertz CT molecular complexity index is 969. The summed E-state index contributed by atoms with van der Waals surface area (Å²) >= 11 is 0. The average molecular weight is 410 g/mol. The number of hydrogen-bond donors (Lipinski definition) is 1. The second-order valence-electron chi connectivity index (χ2n) is 7.38. The predicted molar refractivity (Wildman–Crippen MR) is 112 cm³/mol. The number of likely N-dealkylation sites (tertiary alicyclic amines) is 1. The first kappa shape index (κ1) is 21.5. The zero-order valence-corrected chi connectivity index (χ0v) is 17.6. The van der Waals surface area contributed by atoms with Crippen LogP contribution in [0.2, 0.25) is 0 Å². The number of aliphatic hydroxyl groups excluding tert-OH is 1. The number of aryl methyl sites for hydroxylation is 1. The molecule has 1 aliphatic heterocycles. The van der Waals surface area contributed by atoms with Crippen molar-refractivity contribution in [3.63, 3.8) is 0 Å². The Balaban J connectivity index is 2.08. The number of ether oxygens (including phenoxy) is 2. The number of aliphatic hydroxyl groups is 1. The fourth-order valence-electron chi connectivity index (χ4n) is 3.57. The standard InChI is InChI=1S/C23H26N2O5/c1-14(2)30-12-11-25-20(16-7-9-24-10-8-16)19(22(27)23(25)28)21(26)17-5-6-18(29-4)15(3)13-17/h5-10,13-14,20,26H,11-12H2,1-4H3/b21-19-. The Morgan fingerprint density at radius 1 is 1.20 bits per heavy atom. The number of rotatable bonds is 7. The Morgan fingerprint density at radius 2 is 1.90 bits per heavy atom. The normalized spacial score (nSPS) is 18.3. The van der Waals surface area contributed by atoms with Crippen molar-refractivity contribution in [3.8, 4) is 5.75 Å². The number of hydrogen-bond acceptors (Lipinski definition) is 6. The van der Waals surface area contributed by atoms with Gasteiger partial charge in [-0.15, -0.1) is 0 Å². The maximum absolute atomic E-state index is 12.9. The van der Waals surface area contributed by atoms with Crippen LogP contribution >= 0.6 is 0 Å². The Kier molecular flexibility index (Phi) is 6.52. The fraction of sp³-hybridized carbons (Fsp3) is 0.348. The molecule has 1 atom stereocenters. The van der Waals surface area contributed by atoms with Gasteiger partial charge >= 0.3 is 0 Å². The van der Waals surface area contributed by atoms with Crippen LogP contribution in [0.1, 0.15) is 36.6 Å². The van der Waals surface area contributed by atoms with Crippen molar-refractivity contribution in [2.45, 2.75) is 32.9 Å². The highest BCUT2D eigenvalue weighted by Gasteiger charge is 2.45. The number of nitrogens with zero attached hydrogens (tertiary/aromatic N) is 2. The topological polar surface area (TPSA) is 89.0 Å². The molecule has 1 saturated heterocycles. The van der Waals surface area contributed by atoms with Crippen LogP contribution in [-0.4, -0.2) is 53.0 Å². The third-order valence-corrected chi connectivity index (χ3v) is 5.01. The van der Waals surface area contributed by atoms with Gasteiger partial charge in [-0.2, -0.15) is 0 Å². The lowest BCUT2D eigenvalue weighted by Crippen LogP contribution is -2.33. The molecule has 1 aliphatic rings. The van der Waals surface area contributed by atoms with Crippen molar-refractivity contribution < 1.29 is 24.2 Å². The van der Waals surface area contributed by atoms with Crippen LogP contribution in [0.4, 0.5) is 0 Å². The largest absolute Gasteiger partial charge is 0.507 e. The van der Waals surface area contributed by atoms with Gasteiger partial charge in [0.05, 0.1) is 31.4 Å². The first-order valence-electron chi connectivity index (χ1n) is 9.80. The van der Waals surface area contributed by atoms with E-state index in [1.807, 2.05) is 20.8 Å². The molecule has 1 unspecified atom stereocenters. The van der Waals surface area contributed by atoms with Crippen molar-refractivity contribution >= 4 is 17.4 Å². The van der Waals surface area contributed by atoms with Gasteiger partial charge in [0.1, 0.15) is 11.5 Å². The molecule has 0 spiro atoms. The van der Waals surface area contributed by atoms with Gasteiger partial charge in [0.2, 0.25) is 0 Å². The third-order valence-electron chi connectivity index (χ3n) is 5.01. The second-order valence-corrected chi connectivity index (χ2v) is 7.38. The average Bonchev–Trinajstić information content (AvgIpc) is 2.98. The molecule has 1 aromatic carbocycles. The number of methoxy groups -OCH3 is 1.